The van der Waals surface area contributed by atoms with E-state index in [9.17, 15) is 0 Å². The Labute approximate surface area is 102 Å². The normalized spacial score (nSPS) is 10.5. The van der Waals surface area contributed by atoms with Gasteiger partial charge in [-0.2, -0.15) is 0 Å². The zero-order valence-electron chi connectivity index (χ0n) is 8.46. The molecule has 3 heterocycles. The van der Waals surface area contributed by atoms with Gasteiger partial charge in [-0.25, -0.2) is 0 Å². The molecule has 16 heavy (non-hydrogen) atoms. The van der Waals surface area contributed by atoms with Crippen LogP contribution in [0.25, 0.3) is 21.0 Å². The molecule has 0 radical (unpaired) electrons. The van der Waals surface area contributed by atoms with E-state index < -0.39 is 0 Å². The first-order valence-electron chi connectivity index (χ1n) is 4.97. The predicted octanol–water partition coefficient (Wildman–Crippen LogP) is 4.54. The molecule has 0 spiro atoms. The Morgan fingerprint density at radius 3 is 2.69 bits per heavy atom. The van der Waals surface area contributed by atoms with Gasteiger partial charge in [0.25, 0.3) is 0 Å². The van der Waals surface area contributed by atoms with Crippen molar-refractivity contribution < 1.29 is 0 Å². The van der Waals surface area contributed by atoms with Crippen LogP contribution in [0.2, 0.25) is 0 Å². The number of hydrogen-bond donors (Lipinski definition) is 0. The molecule has 0 N–H and O–H groups in total. The Balaban J connectivity index is 2.00. The molecule has 0 atom stereocenters. The molecule has 3 heteroatoms. The summed E-state index contributed by atoms with van der Waals surface area (Å²) in [7, 11) is 0. The lowest BCUT2D eigenvalue weighted by molar-refractivity contribution is 1.33. The Hall–Kier alpha value is -1.45. The molecule has 0 saturated heterocycles. The first kappa shape index (κ1) is 9.75. The van der Waals surface area contributed by atoms with E-state index in [1.807, 2.05) is 24.4 Å². The van der Waals surface area contributed by atoms with Crippen LogP contribution in [0.5, 0.6) is 0 Å². The van der Waals surface area contributed by atoms with Crippen molar-refractivity contribution >= 4 is 22.7 Å². The molecule has 1 nitrogen and oxygen atoms in total. The molecule has 0 aliphatic rings. The van der Waals surface area contributed by atoms with Crippen molar-refractivity contribution in [3.05, 3.63) is 53.4 Å². The van der Waals surface area contributed by atoms with Crippen LogP contribution in [0.1, 0.15) is 0 Å². The van der Waals surface area contributed by atoms with Crippen LogP contribution >= 0.6 is 22.7 Å². The van der Waals surface area contributed by atoms with Crippen molar-refractivity contribution in [3.8, 4) is 21.0 Å². The lowest BCUT2D eigenvalue weighted by atomic mass is 10.2. The highest BCUT2D eigenvalue weighted by atomic mass is 32.1. The van der Waals surface area contributed by atoms with E-state index in [-0.39, 0.29) is 0 Å². The highest BCUT2D eigenvalue weighted by Crippen LogP contribution is 2.34. The largest absolute Gasteiger partial charge is 0.256 e. The van der Waals surface area contributed by atoms with E-state index in [1.54, 1.807) is 22.7 Å². The van der Waals surface area contributed by atoms with E-state index in [0.29, 0.717) is 0 Å². The van der Waals surface area contributed by atoms with Crippen molar-refractivity contribution in [2.24, 2.45) is 0 Å². The van der Waals surface area contributed by atoms with Gasteiger partial charge in [-0.05, 0) is 29.6 Å². The van der Waals surface area contributed by atoms with Crippen LogP contribution in [-0.2, 0) is 0 Å². The maximum Gasteiger partial charge on any atom is 0.0710 e. The van der Waals surface area contributed by atoms with Gasteiger partial charge in [0.05, 0.1) is 5.69 Å². The van der Waals surface area contributed by atoms with Crippen molar-refractivity contribution in [2.45, 2.75) is 0 Å². The Kier molecular flexibility index (Phi) is 2.56. The summed E-state index contributed by atoms with van der Waals surface area (Å²) in [6.07, 6.45) is 1.83. The second-order valence-electron chi connectivity index (χ2n) is 3.39. The first-order valence-corrected chi connectivity index (χ1v) is 6.73. The minimum absolute atomic E-state index is 1.04. The lowest BCUT2D eigenvalue weighted by Crippen LogP contribution is -1.76. The van der Waals surface area contributed by atoms with Crippen LogP contribution in [0.15, 0.2) is 53.4 Å². The lowest BCUT2D eigenvalue weighted by Gasteiger charge is -1.93. The first-order chi connectivity index (χ1) is 7.93. The fourth-order valence-corrected chi connectivity index (χ4v) is 3.30. The molecule has 3 aromatic heterocycles. The van der Waals surface area contributed by atoms with Gasteiger partial charge in [0.2, 0.25) is 0 Å². The molecule has 0 aliphatic heterocycles. The number of hydrogen-bond acceptors (Lipinski definition) is 3. The fourth-order valence-electron chi connectivity index (χ4n) is 1.55. The molecule has 0 aromatic carbocycles. The molecule has 3 aromatic rings. The number of aromatic nitrogens is 1. The number of pyridine rings is 1. The molecule has 78 valence electrons. The second-order valence-corrected chi connectivity index (χ2v) is 5.25. The monoisotopic (exact) mass is 243 g/mol. The summed E-state index contributed by atoms with van der Waals surface area (Å²) in [5.74, 6) is 0. The zero-order chi connectivity index (χ0) is 10.8. The van der Waals surface area contributed by atoms with Gasteiger partial charge >= 0.3 is 0 Å². The molecule has 0 unspecified atom stereocenters. The van der Waals surface area contributed by atoms with Crippen LogP contribution < -0.4 is 0 Å². The quantitative estimate of drug-likeness (QED) is 0.644. The van der Waals surface area contributed by atoms with Crippen LogP contribution in [-0.4, -0.2) is 4.98 Å². The summed E-state index contributed by atoms with van der Waals surface area (Å²) in [5.41, 5.74) is 2.25. The van der Waals surface area contributed by atoms with Gasteiger partial charge in [-0.3, -0.25) is 4.98 Å². The molecule has 0 aliphatic carbocycles. The van der Waals surface area contributed by atoms with Gasteiger partial charge in [-0.15, -0.1) is 22.7 Å². The van der Waals surface area contributed by atoms with E-state index in [2.05, 4.69) is 33.9 Å². The summed E-state index contributed by atoms with van der Waals surface area (Å²) in [4.78, 5) is 7.00. The second kappa shape index (κ2) is 4.20. The third kappa shape index (κ3) is 1.79. The summed E-state index contributed by atoms with van der Waals surface area (Å²) < 4.78 is 0. The van der Waals surface area contributed by atoms with Gasteiger partial charge in [0.1, 0.15) is 0 Å². The summed E-state index contributed by atoms with van der Waals surface area (Å²) in [6.45, 7) is 0. The third-order valence-corrected chi connectivity index (χ3v) is 4.32. The Bertz CT molecular complexity index is 567. The zero-order valence-corrected chi connectivity index (χ0v) is 10.1. The van der Waals surface area contributed by atoms with E-state index in [1.165, 1.54) is 15.3 Å². The van der Waals surface area contributed by atoms with Gasteiger partial charge in [0.15, 0.2) is 0 Å². The smallest absolute Gasteiger partial charge is 0.0710 e. The molecular weight excluding hydrogens is 234 g/mol. The van der Waals surface area contributed by atoms with Gasteiger partial charge in [-0.1, -0.05) is 12.1 Å². The van der Waals surface area contributed by atoms with Crippen molar-refractivity contribution in [2.75, 3.05) is 0 Å². The predicted molar refractivity (Wildman–Crippen MR) is 70.9 cm³/mol. The maximum absolute atomic E-state index is 4.35. The standard InChI is InChI=1S/C13H9NS2/c1-2-6-14-11(4-1)10-8-13(16-9-10)12-5-3-7-15-12/h1-9H. The molecular formula is C13H9NS2. The minimum Gasteiger partial charge on any atom is -0.256 e. The molecule has 0 bridgehead atoms. The summed E-state index contributed by atoms with van der Waals surface area (Å²) in [5, 5.41) is 4.27. The topological polar surface area (TPSA) is 12.9 Å². The van der Waals surface area contributed by atoms with E-state index in [4.69, 9.17) is 0 Å². The van der Waals surface area contributed by atoms with Crippen molar-refractivity contribution in [1.82, 2.24) is 4.98 Å². The molecule has 0 amide bonds. The third-order valence-electron chi connectivity index (χ3n) is 2.32. The summed E-state index contributed by atoms with van der Waals surface area (Å²) in [6, 6.07) is 12.4. The van der Waals surface area contributed by atoms with Crippen LogP contribution in [0.4, 0.5) is 0 Å². The highest BCUT2D eigenvalue weighted by molar-refractivity contribution is 7.20. The van der Waals surface area contributed by atoms with Crippen molar-refractivity contribution in [3.63, 3.8) is 0 Å². The van der Waals surface area contributed by atoms with E-state index in [0.717, 1.165) is 5.69 Å². The number of thiophene rings is 2. The van der Waals surface area contributed by atoms with Crippen LogP contribution in [0, 0.1) is 0 Å². The maximum atomic E-state index is 4.35. The molecule has 3 rings (SSSR count). The average molecular weight is 243 g/mol. The van der Waals surface area contributed by atoms with Crippen LogP contribution in [0.3, 0.4) is 0 Å². The van der Waals surface area contributed by atoms with Gasteiger partial charge < -0.3 is 0 Å². The number of nitrogens with zero attached hydrogens (tertiary/aromatic N) is 1. The average Bonchev–Trinajstić information content (AvgIpc) is 3.01. The highest BCUT2D eigenvalue weighted by Gasteiger charge is 2.05. The van der Waals surface area contributed by atoms with Gasteiger partial charge in [0, 0.05) is 26.9 Å². The van der Waals surface area contributed by atoms with E-state index >= 15 is 0 Å². The Morgan fingerprint density at radius 2 is 1.94 bits per heavy atom. The van der Waals surface area contributed by atoms with Crippen molar-refractivity contribution in [1.29, 1.82) is 0 Å². The minimum atomic E-state index is 1.04. The fraction of sp³-hybridized carbons (Fsp3) is 0. The SMILES string of the molecule is c1ccc(-c2csc(-c3cccs3)c2)nc1. The summed E-state index contributed by atoms with van der Waals surface area (Å²) >= 11 is 3.55. The number of rotatable bonds is 2. The molecule has 0 saturated carbocycles. The Morgan fingerprint density at radius 1 is 0.938 bits per heavy atom. The molecule has 0 fully saturated rings.